The van der Waals surface area contributed by atoms with Gasteiger partial charge in [-0.15, -0.1) is 0 Å². The molecule has 0 fully saturated rings. The van der Waals surface area contributed by atoms with Crippen LogP contribution in [0.3, 0.4) is 0 Å². The molecule has 0 spiro atoms. The van der Waals surface area contributed by atoms with E-state index in [9.17, 15) is 0 Å². The van der Waals surface area contributed by atoms with Crippen LogP contribution in [0.1, 0.15) is 11.3 Å². The molecule has 3 heteroatoms. The molecule has 2 nitrogen and oxygen atoms in total. The fourth-order valence-corrected chi connectivity index (χ4v) is 1.27. The van der Waals surface area contributed by atoms with E-state index in [4.69, 9.17) is 12.2 Å². The Morgan fingerprint density at radius 2 is 1.60 bits per heavy atom. The first-order valence-electron chi connectivity index (χ1n) is 3.25. The van der Waals surface area contributed by atoms with Crippen LogP contribution in [0.2, 0.25) is 0 Å². The molecular weight excluding hydrogens is 144 g/mol. The number of nitrogens with zero attached hydrogens (tertiary/aromatic N) is 2. The van der Waals surface area contributed by atoms with Crippen LogP contribution in [-0.2, 0) is 14.1 Å². The van der Waals surface area contributed by atoms with E-state index in [2.05, 4.69) is 18.5 Å². The lowest BCUT2D eigenvalue weighted by Crippen LogP contribution is -2.04. The van der Waals surface area contributed by atoms with Crippen LogP contribution in [0.5, 0.6) is 0 Å². The zero-order chi connectivity index (χ0) is 7.89. The van der Waals surface area contributed by atoms with Crippen LogP contribution in [0.4, 0.5) is 0 Å². The molecule has 0 N–H and O–H groups in total. The molecule has 1 aromatic heterocycles. The topological polar surface area (TPSA) is 9.86 Å². The van der Waals surface area contributed by atoms with Gasteiger partial charge in [0, 0.05) is 25.4 Å². The molecule has 1 heterocycles. The summed E-state index contributed by atoms with van der Waals surface area (Å²) in [5, 5.41) is 0. The molecule has 0 amide bonds. The standard InChI is InChI=1S/C7H12N2S/c1-5-6(2)8(3)9(4)7(5)10/h1-4H3. The smallest absolute Gasteiger partial charge is 0.125 e. The fourth-order valence-electron chi connectivity index (χ4n) is 1.00. The predicted octanol–water partition coefficient (Wildman–Crippen LogP) is 1.71. The highest BCUT2D eigenvalue weighted by molar-refractivity contribution is 7.71. The van der Waals surface area contributed by atoms with Crippen molar-refractivity contribution in [1.29, 1.82) is 0 Å². The molecule has 0 saturated heterocycles. The van der Waals surface area contributed by atoms with Gasteiger partial charge in [-0.05, 0) is 13.8 Å². The lowest BCUT2D eigenvalue weighted by Gasteiger charge is -2.00. The third-order valence-electron chi connectivity index (χ3n) is 2.09. The second-order valence-corrected chi connectivity index (χ2v) is 2.95. The molecule has 10 heavy (non-hydrogen) atoms. The summed E-state index contributed by atoms with van der Waals surface area (Å²) in [5.41, 5.74) is 2.45. The van der Waals surface area contributed by atoms with Gasteiger partial charge < -0.3 is 0 Å². The molecule has 0 saturated carbocycles. The first-order chi connectivity index (χ1) is 4.55. The summed E-state index contributed by atoms with van der Waals surface area (Å²) >= 11 is 5.14. The summed E-state index contributed by atoms with van der Waals surface area (Å²) in [6.07, 6.45) is 0. The van der Waals surface area contributed by atoms with E-state index in [0.29, 0.717) is 0 Å². The van der Waals surface area contributed by atoms with E-state index in [-0.39, 0.29) is 0 Å². The number of hydrogen-bond acceptors (Lipinski definition) is 1. The van der Waals surface area contributed by atoms with Gasteiger partial charge in [0.05, 0.1) is 0 Å². The van der Waals surface area contributed by atoms with Crippen LogP contribution >= 0.6 is 12.2 Å². The maximum atomic E-state index is 5.14. The van der Waals surface area contributed by atoms with Crippen molar-refractivity contribution in [2.24, 2.45) is 14.1 Å². The largest absolute Gasteiger partial charge is 0.292 e. The van der Waals surface area contributed by atoms with Crippen LogP contribution < -0.4 is 0 Å². The Balaban J connectivity index is 3.60. The normalized spacial score (nSPS) is 10.4. The fraction of sp³-hybridized carbons (Fsp3) is 0.571. The highest BCUT2D eigenvalue weighted by atomic mass is 32.1. The maximum absolute atomic E-state index is 5.14. The van der Waals surface area contributed by atoms with Gasteiger partial charge in [0.25, 0.3) is 0 Å². The second kappa shape index (κ2) is 2.23. The highest BCUT2D eigenvalue weighted by Crippen LogP contribution is 2.07. The molecule has 0 unspecified atom stereocenters. The summed E-state index contributed by atoms with van der Waals surface area (Å²) in [4.78, 5) is 0. The van der Waals surface area contributed by atoms with Gasteiger partial charge in [-0.3, -0.25) is 9.36 Å². The van der Waals surface area contributed by atoms with E-state index >= 15 is 0 Å². The van der Waals surface area contributed by atoms with Gasteiger partial charge in [-0.1, -0.05) is 12.2 Å². The van der Waals surface area contributed by atoms with E-state index < -0.39 is 0 Å². The molecule has 1 aromatic rings. The summed E-state index contributed by atoms with van der Waals surface area (Å²) < 4.78 is 4.96. The van der Waals surface area contributed by atoms with Crippen molar-refractivity contribution in [2.75, 3.05) is 0 Å². The summed E-state index contributed by atoms with van der Waals surface area (Å²) in [6, 6.07) is 0. The minimum absolute atomic E-state index is 0.931. The second-order valence-electron chi connectivity index (χ2n) is 2.56. The lowest BCUT2D eigenvalue weighted by molar-refractivity contribution is 0.575. The summed E-state index contributed by atoms with van der Waals surface area (Å²) in [6.45, 7) is 4.13. The molecule has 0 radical (unpaired) electrons. The SMILES string of the molecule is Cc1c(C)n(C)n(C)c1=S. The Morgan fingerprint density at radius 1 is 1.10 bits per heavy atom. The minimum Gasteiger partial charge on any atom is -0.292 e. The van der Waals surface area contributed by atoms with Crippen LogP contribution in [0.25, 0.3) is 0 Å². The maximum Gasteiger partial charge on any atom is 0.125 e. The first-order valence-corrected chi connectivity index (χ1v) is 3.65. The van der Waals surface area contributed by atoms with Gasteiger partial charge in [0.2, 0.25) is 0 Å². The van der Waals surface area contributed by atoms with Crippen molar-refractivity contribution in [1.82, 2.24) is 9.36 Å². The molecule has 0 aromatic carbocycles. The van der Waals surface area contributed by atoms with Crippen molar-refractivity contribution in [3.8, 4) is 0 Å². The molecule has 0 aliphatic carbocycles. The van der Waals surface area contributed by atoms with Crippen LogP contribution in [-0.4, -0.2) is 9.36 Å². The third kappa shape index (κ3) is 0.814. The molecular formula is C7H12N2S. The van der Waals surface area contributed by atoms with Crippen LogP contribution in [0.15, 0.2) is 0 Å². The zero-order valence-corrected chi connectivity index (χ0v) is 7.62. The number of hydrogen-bond donors (Lipinski definition) is 0. The van der Waals surface area contributed by atoms with Gasteiger partial charge >= 0.3 is 0 Å². The first kappa shape index (κ1) is 7.54. The molecule has 1 rings (SSSR count). The average Bonchev–Trinajstić information content (AvgIpc) is 2.07. The number of rotatable bonds is 0. The zero-order valence-electron chi connectivity index (χ0n) is 6.80. The average molecular weight is 156 g/mol. The highest BCUT2D eigenvalue weighted by Gasteiger charge is 2.02. The predicted molar refractivity (Wildman–Crippen MR) is 44.7 cm³/mol. The van der Waals surface area contributed by atoms with Crippen LogP contribution in [0, 0.1) is 18.5 Å². The van der Waals surface area contributed by atoms with E-state index in [1.165, 1.54) is 11.3 Å². The Kier molecular flexibility index (Phi) is 1.68. The molecule has 0 aliphatic heterocycles. The Labute approximate surface area is 66.1 Å². The van der Waals surface area contributed by atoms with Gasteiger partial charge in [-0.2, -0.15) is 0 Å². The Bertz CT molecular complexity index is 278. The van der Waals surface area contributed by atoms with E-state index in [1.54, 1.807) is 0 Å². The van der Waals surface area contributed by atoms with Crippen molar-refractivity contribution >= 4 is 12.2 Å². The Hall–Kier alpha value is -0.570. The van der Waals surface area contributed by atoms with Crippen molar-refractivity contribution < 1.29 is 0 Å². The molecule has 56 valence electrons. The molecule has 0 aliphatic rings. The summed E-state index contributed by atoms with van der Waals surface area (Å²) in [5.74, 6) is 0. The number of aromatic nitrogens is 2. The Morgan fingerprint density at radius 3 is 1.70 bits per heavy atom. The van der Waals surface area contributed by atoms with Gasteiger partial charge in [0.15, 0.2) is 0 Å². The van der Waals surface area contributed by atoms with Crippen molar-refractivity contribution in [3.05, 3.63) is 15.9 Å². The quantitative estimate of drug-likeness (QED) is 0.520. The molecule has 0 atom stereocenters. The van der Waals surface area contributed by atoms with E-state index in [1.807, 2.05) is 18.8 Å². The van der Waals surface area contributed by atoms with Crippen molar-refractivity contribution in [3.63, 3.8) is 0 Å². The summed E-state index contributed by atoms with van der Waals surface area (Å²) in [7, 11) is 3.99. The third-order valence-corrected chi connectivity index (χ3v) is 2.66. The monoisotopic (exact) mass is 156 g/mol. The minimum atomic E-state index is 0.931. The molecule has 0 bridgehead atoms. The lowest BCUT2D eigenvalue weighted by atomic mass is 10.3. The van der Waals surface area contributed by atoms with Gasteiger partial charge in [-0.25, -0.2) is 0 Å². The van der Waals surface area contributed by atoms with Crippen molar-refractivity contribution in [2.45, 2.75) is 13.8 Å². The van der Waals surface area contributed by atoms with Gasteiger partial charge in [0.1, 0.15) is 4.64 Å². The van der Waals surface area contributed by atoms with E-state index in [0.717, 1.165) is 4.64 Å².